The summed E-state index contributed by atoms with van der Waals surface area (Å²) >= 11 is 0. The van der Waals surface area contributed by atoms with Crippen LogP contribution in [0.3, 0.4) is 0 Å². The summed E-state index contributed by atoms with van der Waals surface area (Å²) in [5.41, 5.74) is 1.62. The Morgan fingerprint density at radius 1 is 1.36 bits per heavy atom. The van der Waals surface area contributed by atoms with E-state index in [0.717, 1.165) is 37.0 Å². The first-order chi connectivity index (χ1) is 6.70. The molecule has 0 saturated heterocycles. The summed E-state index contributed by atoms with van der Waals surface area (Å²) < 4.78 is 0. The highest BCUT2D eigenvalue weighted by atomic mass is 16.6. The van der Waals surface area contributed by atoms with Gasteiger partial charge in [0.2, 0.25) is 0 Å². The summed E-state index contributed by atoms with van der Waals surface area (Å²) in [6, 6.07) is 0. The standard InChI is InChI=1S/C9H12N2O3/c12-9-6-3-1-2-4-7(6)10-5-8(9)11(13)14/h10,12H,1-5H2. The van der Waals surface area contributed by atoms with Gasteiger partial charge in [0, 0.05) is 11.3 Å². The average molecular weight is 196 g/mol. The Hall–Kier alpha value is -1.52. The topological polar surface area (TPSA) is 75.4 Å². The Kier molecular flexibility index (Phi) is 2.15. The molecule has 0 saturated carbocycles. The number of nitrogens with zero attached hydrogens (tertiary/aromatic N) is 1. The Morgan fingerprint density at radius 2 is 2.07 bits per heavy atom. The van der Waals surface area contributed by atoms with Crippen molar-refractivity contribution in [3.63, 3.8) is 0 Å². The van der Waals surface area contributed by atoms with E-state index < -0.39 is 4.92 Å². The smallest absolute Gasteiger partial charge is 0.306 e. The maximum atomic E-state index is 10.6. The van der Waals surface area contributed by atoms with Crippen LogP contribution in [0.15, 0.2) is 22.7 Å². The predicted molar refractivity (Wildman–Crippen MR) is 50.1 cm³/mol. The molecular weight excluding hydrogens is 184 g/mol. The van der Waals surface area contributed by atoms with E-state index in [4.69, 9.17) is 0 Å². The Morgan fingerprint density at radius 3 is 2.79 bits per heavy atom. The van der Waals surface area contributed by atoms with Crippen molar-refractivity contribution in [3.05, 3.63) is 32.8 Å². The SMILES string of the molecule is O=[N+]([O-])C1=C(O)C2=C(CCCC2)NC1. The van der Waals surface area contributed by atoms with Gasteiger partial charge in [0.25, 0.3) is 0 Å². The number of dihydropyridines is 1. The Bertz CT molecular complexity index is 344. The fraction of sp³-hybridized carbons (Fsp3) is 0.556. The summed E-state index contributed by atoms with van der Waals surface area (Å²) in [4.78, 5) is 10.1. The number of aliphatic hydroxyl groups excluding tert-OH is 1. The molecule has 14 heavy (non-hydrogen) atoms. The molecule has 76 valence electrons. The van der Waals surface area contributed by atoms with Gasteiger partial charge < -0.3 is 10.4 Å². The molecule has 0 aromatic heterocycles. The summed E-state index contributed by atoms with van der Waals surface area (Å²) in [6.07, 6.45) is 3.72. The van der Waals surface area contributed by atoms with Crippen LogP contribution in [-0.2, 0) is 0 Å². The van der Waals surface area contributed by atoms with Gasteiger partial charge in [-0.25, -0.2) is 0 Å². The molecule has 5 nitrogen and oxygen atoms in total. The van der Waals surface area contributed by atoms with Crippen LogP contribution in [0.25, 0.3) is 0 Å². The second-order valence-corrected chi connectivity index (χ2v) is 3.57. The maximum Gasteiger partial charge on any atom is 0.306 e. The van der Waals surface area contributed by atoms with Gasteiger partial charge in [-0.05, 0) is 25.7 Å². The van der Waals surface area contributed by atoms with Crippen molar-refractivity contribution in [2.45, 2.75) is 25.7 Å². The molecule has 0 spiro atoms. The Balaban J connectivity index is 2.38. The van der Waals surface area contributed by atoms with Crippen molar-refractivity contribution in [1.29, 1.82) is 0 Å². The molecule has 0 atom stereocenters. The highest BCUT2D eigenvalue weighted by Crippen LogP contribution is 2.31. The molecule has 0 unspecified atom stereocenters. The van der Waals surface area contributed by atoms with E-state index in [0.29, 0.717) is 0 Å². The van der Waals surface area contributed by atoms with Gasteiger partial charge in [0.15, 0.2) is 5.76 Å². The number of hydrogen-bond donors (Lipinski definition) is 2. The second kappa shape index (κ2) is 3.32. The molecule has 1 aliphatic carbocycles. The molecule has 2 N–H and O–H groups in total. The number of aliphatic hydroxyl groups is 1. The van der Waals surface area contributed by atoms with Crippen LogP contribution in [0.1, 0.15) is 25.7 Å². The van der Waals surface area contributed by atoms with Crippen molar-refractivity contribution in [2.24, 2.45) is 0 Å². The van der Waals surface area contributed by atoms with E-state index in [1.165, 1.54) is 0 Å². The molecule has 0 bridgehead atoms. The molecule has 2 rings (SSSR count). The fourth-order valence-electron chi connectivity index (χ4n) is 1.96. The van der Waals surface area contributed by atoms with Crippen LogP contribution in [0, 0.1) is 10.1 Å². The molecule has 5 heteroatoms. The zero-order valence-electron chi connectivity index (χ0n) is 7.75. The van der Waals surface area contributed by atoms with Gasteiger partial charge in [0.1, 0.15) is 6.54 Å². The van der Waals surface area contributed by atoms with Crippen molar-refractivity contribution >= 4 is 0 Å². The summed E-state index contributed by atoms with van der Waals surface area (Å²) in [7, 11) is 0. The van der Waals surface area contributed by atoms with Crippen LogP contribution >= 0.6 is 0 Å². The molecule has 2 aliphatic rings. The lowest BCUT2D eigenvalue weighted by atomic mass is 9.92. The number of allylic oxidation sites excluding steroid dienone is 2. The largest absolute Gasteiger partial charge is 0.502 e. The van der Waals surface area contributed by atoms with Gasteiger partial charge in [-0.15, -0.1) is 0 Å². The molecule has 0 radical (unpaired) electrons. The van der Waals surface area contributed by atoms with Gasteiger partial charge in [-0.1, -0.05) is 0 Å². The van der Waals surface area contributed by atoms with E-state index >= 15 is 0 Å². The van der Waals surface area contributed by atoms with Crippen molar-refractivity contribution in [2.75, 3.05) is 6.54 Å². The van der Waals surface area contributed by atoms with Crippen LogP contribution in [0.2, 0.25) is 0 Å². The van der Waals surface area contributed by atoms with Gasteiger partial charge in [-0.3, -0.25) is 10.1 Å². The van der Waals surface area contributed by atoms with Crippen molar-refractivity contribution in [3.8, 4) is 0 Å². The highest BCUT2D eigenvalue weighted by Gasteiger charge is 2.29. The minimum atomic E-state index is -0.513. The van der Waals surface area contributed by atoms with E-state index in [1.54, 1.807) is 0 Å². The third kappa shape index (κ3) is 1.34. The predicted octanol–water partition coefficient (Wildman–Crippen LogP) is 1.46. The second-order valence-electron chi connectivity index (χ2n) is 3.57. The van der Waals surface area contributed by atoms with E-state index in [1.807, 2.05) is 0 Å². The third-order valence-electron chi connectivity index (χ3n) is 2.72. The number of nitrogens with one attached hydrogen (secondary N) is 1. The summed E-state index contributed by atoms with van der Waals surface area (Å²) in [6.45, 7) is 0.137. The van der Waals surface area contributed by atoms with Gasteiger partial charge >= 0.3 is 5.70 Å². The highest BCUT2D eigenvalue weighted by molar-refractivity contribution is 5.36. The molecule has 1 aliphatic heterocycles. The number of nitro groups is 1. The first kappa shape index (κ1) is 9.05. The molecule has 0 aromatic carbocycles. The van der Waals surface area contributed by atoms with Gasteiger partial charge in [0.05, 0.1) is 4.92 Å². The molecule has 0 fully saturated rings. The van der Waals surface area contributed by atoms with Crippen LogP contribution < -0.4 is 5.32 Å². The zero-order valence-corrected chi connectivity index (χ0v) is 7.75. The van der Waals surface area contributed by atoms with Crippen molar-refractivity contribution in [1.82, 2.24) is 5.32 Å². The van der Waals surface area contributed by atoms with Crippen LogP contribution in [-0.4, -0.2) is 16.6 Å². The quantitative estimate of drug-likeness (QED) is 0.491. The molecule has 1 heterocycles. The summed E-state index contributed by atoms with van der Waals surface area (Å²) in [5, 5.41) is 23.2. The fourth-order valence-corrected chi connectivity index (χ4v) is 1.96. The minimum Gasteiger partial charge on any atom is -0.502 e. The molecular formula is C9H12N2O3. The molecule has 0 aromatic rings. The lowest BCUT2D eigenvalue weighted by Gasteiger charge is -2.24. The third-order valence-corrected chi connectivity index (χ3v) is 2.72. The van der Waals surface area contributed by atoms with Crippen molar-refractivity contribution < 1.29 is 10.0 Å². The summed E-state index contributed by atoms with van der Waals surface area (Å²) in [5.74, 6) is -0.108. The Labute approximate surface area is 81.3 Å². The van der Waals surface area contributed by atoms with Gasteiger partial charge in [-0.2, -0.15) is 0 Å². The lowest BCUT2D eigenvalue weighted by Crippen LogP contribution is -2.29. The van der Waals surface area contributed by atoms with E-state index in [-0.39, 0.29) is 18.0 Å². The van der Waals surface area contributed by atoms with Crippen LogP contribution in [0.5, 0.6) is 0 Å². The molecule has 0 amide bonds. The average Bonchev–Trinajstić information content (AvgIpc) is 2.18. The normalized spacial score (nSPS) is 21.7. The first-order valence-electron chi connectivity index (χ1n) is 4.73. The lowest BCUT2D eigenvalue weighted by molar-refractivity contribution is -0.429. The number of hydrogen-bond acceptors (Lipinski definition) is 4. The van der Waals surface area contributed by atoms with Crippen LogP contribution in [0.4, 0.5) is 0 Å². The minimum absolute atomic E-state index is 0.106. The first-order valence-corrected chi connectivity index (χ1v) is 4.73. The number of rotatable bonds is 1. The van der Waals surface area contributed by atoms with E-state index in [9.17, 15) is 15.2 Å². The monoisotopic (exact) mass is 196 g/mol. The zero-order chi connectivity index (χ0) is 10.1. The van der Waals surface area contributed by atoms with E-state index in [2.05, 4.69) is 5.32 Å². The maximum absolute atomic E-state index is 10.6.